The van der Waals surface area contributed by atoms with Crippen LogP contribution in [-0.2, 0) is 4.79 Å². The van der Waals surface area contributed by atoms with Gasteiger partial charge in [0.2, 0.25) is 5.91 Å². The number of aliphatic hydroxyl groups excluding tert-OH is 1. The molecule has 1 saturated carbocycles. The molecule has 1 fully saturated rings. The second-order valence-electron chi connectivity index (χ2n) is 5.41. The van der Waals surface area contributed by atoms with Crippen LogP contribution < -0.4 is 10.6 Å². The van der Waals surface area contributed by atoms with Gasteiger partial charge in [0.1, 0.15) is 0 Å². The van der Waals surface area contributed by atoms with Crippen molar-refractivity contribution >= 4 is 5.91 Å². The molecule has 0 heterocycles. The van der Waals surface area contributed by atoms with Gasteiger partial charge in [-0.2, -0.15) is 0 Å². The minimum atomic E-state index is -0.334. The molecule has 102 valence electrons. The van der Waals surface area contributed by atoms with Gasteiger partial charge in [-0.05, 0) is 38.5 Å². The molecule has 0 bridgehead atoms. The van der Waals surface area contributed by atoms with Gasteiger partial charge in [-0.25, -0.2) is 0 Å². The second kappa shape index (κ2) is 6.77. The summed E-state index contributed by atoms with van der Waals surface area (Å²) in [7, 11) is 0. The number of carbonyl (C=O) groups excluding carboxylic acids is 1. The molecule has 0 radical (unpaired) electrons. The van der Waals surface area contributed by atoms with E-state index in [1.165, 1.54) is 0 Å². The summed E-state index contributed by atoms with van der Waals surface area (Å²) in [6, 6.07) is -0.334. The first-order chi connectivity index (χ1) is 8.53. The minimum Gasteiger partial charge on any atom is -0.394 e. The van der Waals surface area contributed by atoms with Crippen LogP contribution in [0.2, 0.25) is 0 Å². The van der Waals surface area contributed by atoms with Crippen LogP contribution >= 0.6 is 0 Å². The Morgan fingerprint density at radius 1 is 1.56 bits per heavy atom. The summed E-state index contributed by atoms with van der Waals surface area (Å²) in [6.07, 6.45) is 9.11. The maximum absolute atomic E-state index is 11.7. The Kier molecular flexibility index (Phi) is 5.64. The van der Waals surface area contributed by atoms with Gasteiger partial charge in [0, 0.05) is 5.54 Å². The summed E-state index contributed by atoms with van der Waals surface area (Å²) in [6.45, 7) is 4.35. The predicted octanol–water partition coefficient (Wildman–Crippen LogP) is 0.655. The second-order valence-corrected chi connectivity index (χ2v) is 5.41. The molecule has 0 aromatic heterocycles. The Morgan fingerprint density at radius 2 is 2.17 bits per heavy atom. The van der Waals surface area contributed by atoms with E-state index in [9.17, 15) is 9.90 Å². The van der Waals surface area contributed by atoms with E-state index in [1.54, 1.807) is 6.92 Å². The highest BCUT2D eigenvalue weighted by Crippen LogP contribution is 2.31. The molecule has 4 heteroatoms. The lowest BCUT2D eigenvalue weighted by atomic mass is 9.77. The number of nitrogens with one attached hydrogen (secondary N) is 2. The van der Waals surface area contributed by atoms with E-state index in [4.69, 9.17) is 6.42 Å². The Labute approximate surface area is 110 Å². The highest BCUT2D eigenvalue weighted by atomic mass is 16.3. The quantitative estimate of drug-likeness (QED) is 0.630. The molecule has 1 unspecified atom stereocenters. The Hall–Kier alpha value is -1.05. The van der Waals surface area contributed by atoms with Crippen molar-refractivity contribution < 1.29 is 9.90 Å². The topological polar surface area (TPSA) is 61.4 Å². The zero-order chi connectivity index (χ0) is 13.6. The van der Waals surface area contributed by atoms with Crippen LogP contribution in [0.1, 0.15) is 39.5 Å². The zero-order valence-corrected chi connectivity index (χ0v) is 11.3. The first-order valence-corrected chi connectivity index (χ1v) is 6.63. The molecule has 0 spiro atoms. The smallest absolute Gasteiger partial charge is 0.237 e. The summed E-state index contributed by atoms with van der Waals surface area (Å²) in [4.78, 5) is 11.7. The van der Waals surface area contributed by atoms with E-state index in [0.717, 1.165) is 25.7 Å². The van der Waals surface area contributed by atoms with Crippen molar-refractivity contribution in [2.24, 2.45) is 5.92 Å². The summed E-state index contributed by atoms with van der Waals surface area (Å²) in [5, 5.41) is 15.5. The van der Waals surface area contributed by atoms with E-state index in [-0.39, 0.29) is 30.6 Å². The van der Waals surface area contributed by atoms with Gasteiger partial charge in [0.25, 0.3) is 0 Å². The Bertz CT molecular complexity index is 314. The number of hydrogen-bond acceptors (Lipinski definition) is 3. The van der Waals surface area contributed by atoms with E-state index in [0.29, 0.717) is 5.92 Å². The number of hydrogen-bond donors (Lipinski definition) is 3. The van der Waals surface area contributed by atoms with E-state index >= 15 is 0 Å². The van der Waals surface area contributed by atoms with Gasteiger partial charge in [0.05, 0.1) is 19.2 Å². The van der Waals surface area contributed by atoms with Crippen molar-refractivity contribution in [3.05, 3.63) is 0 Å². The standard InChI is InChI=1S/C14H24N2O2/c1-4-9-15-13(18)12(3)16-14(10-17)7-5-11(2)6-8-14/h1,11-12,16-17H,5-10H2,2-3H3,(H,15,18). The molecule has 1 rings (SSSR count). The number of aliphatic hydroxyl groups is 1. The highest BCUT2D eigenvalue weighted by Gasteiger charge is 2.35. The first-order valence-electron chi connectivity index (χ1n) is 6.63. The molecule has 1 aliphatic carbocycles. The third kappa shape index (κ3) is 4.01. The first kappa shape index (κ1) is 15.0. The fourth-order valence-corrected chi connectivity index (χ4v) is 2.48. The van der Waals surface area contributed by atoms with Crippen LogP contribution in [0.4, 0.5) is 0 Å². The predicted molar refractivity (Wildman–Crippen MR) is 71.9 cm³/mol. The maximum atomic E-state index is 11.7. The number of amides is 1. The van der Waals surface area contributed by atoms with Crippen LogP contribution in [-0.4, -0.2) is 35.7 Å². The molecule has 1 atom stereocenters. The van der Waals surface area contributed by atoms with Gasteiger partial charge < -0.3 is 10.4 Å². The van der Waals surface area contributed by atoms with Crippen LogP contribution in [0.5, 0.6) is 0 Å². The fourth-order valence-electron chi connectivity index (χ4n) is 2.48. The zero-order valence-electron chi connectivity index (χ0n) is 11.3. The van der Waals surface area contributed by atoms with Crippen molar-refractivity contribution in [2.75, 3.05) is 13.2 Å². The molecule has 0 aliphatic heterocycles. The van der Waals surface area contributed by atoms with E-state index in [2.05, 4.69) is 23.5 Å². The molecule has 1 amide bonds. The lowest BCUT2D eigenvalue weighted by Crippen LogP contribution is -2.57. The van der Waals surface area contributed by atoms with Gasteiger partial charge in [0.15, 0.2) is 0 Å². The molecular formula is C14H24N2O2. The number of rotatable bonds is 5. The SMILES string of the molecule is C#CCNC(=O)C(C)NC1(CO)CCC(C)CC1. The molecule has 1 aliphatic rings. The summed E-state index contributed by atoms with van der Waals surface area (Å²) in [5.74, 6) is 2.97. The van der Waals surface area contributed by atoms with Gasteiger partial charge in [-0.15, -0.1) is 6.42 Å². The number of terminal acetylenes is 1. The maximum Gasteiger partial charge on any atom is 0.237 e. The minimum absolute atomic E-state index is 0.0759. The summed E-state index contributed by atoms with van der Waals surface area (Å²) >= 11 is 0. The van der Waals surface area contributed by atoms with Crippen molar-refractivity contribution in [2.45, 2.75) is 51.1 Å². The van der Waals surface area contributed by atoms with E-state index < -0.39 is 0 Å². The van der Waals surface area contributed by atoms with Crippen LogP contribution in [0.15, 0.2) is 0 Å². The van der Waals surface area contributed by atoms with Gasteiger partial charge >= 0.3 is 0 Å². The average molecular weight is 252 g/mol. The van der Waals surface area contributed by atoms with Crippen LogP contribution in [0.25, 0.3) is 0 Å². The summed E-state index contributed by atoms with van der Waals surface area (Å²) < 4.78 is 0. The molecule has 0 aromatic rings. The monoisotopic (exact) mass is 252 g/mol. The largest absolute Gasteiger partial charge is 0.394 e. The van der Waals surface area contributed by atoms with Crippen molar-refractivity contribution in [3.8, 4) is 12.3 Å². The molecule has 18 heavy (non-hydrogen) atoms. The van der Waals surface area contributed by atoms with Crippen LogP contribution in [0.3, 0.4) is 0 Å². The number of carbonyl (C=O) groups is 1. The Balaban J connectivity index is 2.52. The van der Waals surface area contributed by atoms with Crippen molar-refractivity contribution in [1.29, 1.82) is 0 Å². The molecule has 0 aromatic carbocycles. The average Bonchev–Trinajstić information content (AvgIpc) is 2.38. The summed E-state index contributed by atoms with van der Waals surface area (Å²) in [5.41, 5.74) is -0.306. The van der Waals surface area contributed by atoms with Crippen molar-refractivity contribution in [3.63, 3.8) is 0 Å². The molecular weight excluding hydrogens is 228 g/mol. The lowest BCUT2D eigenvalue weighted by Gasteiger charge is -2.40. The van der Waals surface area contributed by atoms with Crippen LogP contribution in [0, 0.1) is 18.3 Å². The lowest BCUT2D eigenvalue weighted by molar-refractivity contribution is -0.123. The molecule has 3 N–H and O–H groups in total. The third-order valence-electron chi connectivity index (χ3n) is 3.81. The molecule has 0 saturated heterocycles. The normalized spacial score (nSPS) is 29.3. The Morgan fingerprint density at radius 3 is 2.67 bits per heavy atom. The van der Waals surface area contributed by atoms with Crippen molar-refractivity contribution in [1.82, 2.24) is 10.6 Å². The van der Waals surface area contributed by atoms with Gasteiger partial charge in [-0.3, -0.25) is 10.1 Å². The third-order valence-corrected chi connectivity index (χ3v) is 3.81. The van der Waals surface area contributed by atoms with E-state index in [1.807, 2.05) is 0 Å². The van der Waals surface area contributed by atoms with Gasteiger partial charge in [-0.1, -0.05) is 12.8 Å². The fraction of sp³-hybridized carbons (Fsp3) is 0.786. The highest BCUT2D eigenvalue weighted by molar-refractivity contribution is 5.81. The molecule has 4 nitrogen and oxygen atoms in total.